The van der Waals surface area contributed by atoms with Gasteiger partial charge in [-0.25, -0.2) is 0 Å². The Balaban J connectivity index is 1.43. The predicted molar refractivity (Wildman–Crippen MR) is 133 cm³/mol. The number of rotatable bonds is 10. The van der Waals surface area contributed by atoms with Crippen molar-refractivity contribution < 1.29 is 0 Å². The Labute approximate surface area is 188 Å². The van der Waals surface area contributed by atoms with Crippen molar-refractivity contribution in [2.45, 2.75) is 117 Å². The first-order valence-electron chi connectivity index (χ1n) is 13.7. The van der Waals surface area contributed by atoms with Crippen LogP contribution in [0, 0.1) is 35.5 Å². The van der Waals surface area contributed by atoms with Crippen LogP contribution in [-0.4, -0.2) is 0 Å². The molecule has 0 nitrogen and oxygen atoms in total. The molecule has 2 saturated carbocycles. The summed E-state index contributed by atoms with van der Waals surface area (Å²) in [5.41, 5.74) is 1.57. The lowest BCUT2D eigenvalue weighted by molar-refractivity contribution is 0.105. The second-order valence-electron chi connectivity index (χ2n) is 11.1. The first-order chi connectivity index (χ1) is 14.6. The fourth-order valence-electron chi connectivity index (χ4n) is 7.21. The highest BCUT2D eigenvalue weighted by atomic mass is 14.4. The molecule has 2 aliphatic carbocycles. The molecule has 0 saturated heterocycles. The number of benzene rings is 1. The van der Waals surface area contributed by atoms with Crippen LogP contribution in [0.3, 0.4) is 0 Å². The Morgan fingerprint density at radius 2 is 1.30 bits per heavy atom. The normalized spacial score (nSPS) is 30.5. The summed E-state index contributed by atoms with van der Waals surface area (Å²) >= 11 is 0. The van der Waals surface area contributed by atoms with E-state index < -0.39 is 0 Å². The standard InChI is InChI=1S/C30H50/c1-5-7-9-12-25-15-17-26(18-16-25)23(3)27-19-21-28(22-20-27)24(4)30(6-2)29-13-10-8-11-14-29/h8,10-11,13-14,23-28,30H,5-7,9,12,15-22H2,1-4H3. The van der Waals surface area contributed by atoms with Gasteiger partial charge in [-0.2, -0.15) is 0 Å². The Kier molecular flexibility index (Phi) is 9.79. The van der Waals surface area contributed by atoms with E-state index >= 15 is 0 Å². The SMILES string of the molecule is CCCCCC1CCC(C(C)C2CCC(C(C)C(CC)c3ccccc3)CC2)CC1. The van der Waals surface area contributed by atoms with Crippen molar-refractivity contribution >= 4 is 0 Å². The monoisotopic (exact) mass is 410 g/mol. The first kappa shape index (κ1) is 23.9. The van der Waals surface area contributed by atoms with E-state index in [1.807, 2.05) is 0 Å². The lowest BCUT2D eigenvalue weighted by Gasteiger charge is -2.41. The van der Waals surface area contributed by atoms with E-state index in [0.717, 1.165) is 41.4 Å². The molecular formula is C30H50. The van der Waals surface area contributed by atoms with Crippen molar-refractivity contribution in [1.29, 1.82) is 0 Å². The van der Waals surface area contributed by atoms with Crippen LogP contribution in [0.4, 0.5) is 0 Å². The van der Waals surface area contributed by atoms with Gasteiger partial charge in [-0.1, -0.05) is 96.6 Å². The third-order valence-electron chi connectivity index (χ3n) is 9.46. The molecule has 0 heterocycles. The Morgan fingerprint density at radius 1 is 0.733 bits per heavy atom. The molecule has 3 rings (SSSR count). The van der Waals surface area contributed by atoms with Crippen molar-refractivity contribution in [1.82, 2.24) is 0 Å². The van der Waals surface area contributed by atoms with Crippen LogP contribution in [0.25, 0.3) is 0 Å². The number of hydrogen-bond donors (Lipinski definition) is 0. The van der Waals surface area contributed by atoms with E-state index in [-0.39, 0.29) is 0 Å². The van der Waals surface area contributed by atoms with E-state index in [2.05, 4.69) is 58.0 Å². The molecule has 2 aliphatic rings. The van der Waals surface area contributed by atoms with Gasteiger partial charge >= 0.3 is 0 Å². The quantitative estimate of drug-likeness (QED) is 0.337. The van der Waals surface area contributed by atoms with Crippen molar-refractivity contribution in [3.05, 3.63) is 35.9 Å². The average Bonchev–Trinajstić information content (AvgIpc) is 2.80. The minimum Gasteiger partial charge on any atom is -0.0654 e. The van der Waals surface area contributed by atoms with Crippen LogP contribution in [0.1, 0.15) is 123 Å². The van der Waals surface area contributed by atoms with Crippen LogP contribution in [0.5, 0.6) is 0 Å². The van der Waals surface area contributed by atoms with Gasteiger partial charge in [-0.05, 0) is 91.9 Å². The summed E-state index contributed by atoms with van der Waals surface area (Å²) < 4.78 is 0. The molecule has 0 heteroatoms. The fraction of sp³-hybridized carbons (Fsp3) is 0.800. The van der Waals surface area contributed by atoms with Crippen LogP contribution in [0.2, 0.25) is 0 Å². The van der Waals surface area contributed by atoms with Crippen molar-refractivity contribution in [3.63, 3.8) is 0 Å². The van der Waals surface area contributed by atoms with Gasteiger partial charge in [-0.15, -0.1) is 0 Å². The third kappa shape index (κ3) is 6.37. The van der Waals surface area contributed by atoms with Gasteiger partial charge < -0.3 is 0 Å². The third-order valence-corrected chi connectivity index (χ3v) is 9.46. The molecule has 3 unspecified atom stereocenters. The van der Waals surface area contributed by atoms with Gasteiger partial charge in [0.1, 0.15) is 0 Å². The fourth-order valence-corrected chi connectivity index (χ4v) is 7.21. The molecule has 0 amide bonds. The molecule has 0 spiro atoms. The summed E-state index contributed by atoms with van der Waals surface area (Å²) in [6.07, 6.45) is 19.2. The minimum absolute atomic E-state index is 0.744. The summed E-state index contributed by atoms with van der Waals surface area (Å²) in [7, 11) is 0. The first-order valence-corrected chi connectivity index (χ1v) is 13.7. The topological polar surface area (TPSA) is 0 Å². The Morgan fingerprint density at radius 3 is 1.87 bits per heavy atom. The van der Waals surface area contributed by atoms with Crippen molar-refractivity contribution in [3.8, 4) is 0 Å². The second kappa shape index (κ2) is 12.3. The molecule has 1 aromatic carbocycles. The molecule has 0 aromatic heterocycles. The average molecular weight is 411 g/mol. The zero-order chi connectivity index (χ0) is 21.3. The van der Waals surface area contributed by atoms with Crippen LogP contribution >= 0.6 is 0 Å². The molecule has 170 valence electrons. The van der Waals surface area contributed by atoms with E-state index in [4.69, 9.17) is 0 Å². The van der Waals surface area contributed by atoms with Gasteiger partial charge in [-0.3, -0.25) is 0 Å². The molecule has 0 radical (unpaired) electrons. The van der Waals surface area contributed by atoms with Gasteiger partial charge in [0.25, 0.3) is 0 Å². The summed E-state index contributed by atoms with van der Waals surface area (Å²) in [6, 6.07) is 11.3. The maximum atomic E-state index is 2.62. The molecule has 30 heavy (non-hydrogen) atoms. The van der Waals surface area contributed by atoms with Gasteiger partial charge in [0.05, 0.1) is 0 Å². The van der Waals surface area contributed by atoms with Crippen LogP contribution in [0.15, 0.2) is 30.3 Å². The smallest absolute Gasteiger partial charge is 0.0136 e. The Bertz CT molecular complexity index is 559. The highest BCUT2D eigenvalue weighted by molar-refractivity contribution is 5.20. The molecular weight excluding hydrogens is 360 g/mol. The molecule has 0 aliphatic heterocycles. The number of hydrogen-bond acceptors (Lipinski definition) is 0. The van der Waals surface area contributed by atoms with E-state index in [9.17, 15) is 0 Å². The minimum atomic E-state index is 0.744. The van der Waals surface area contributed by atoms with Gasteiger partial charge in [0.15, 0.2) is 0 Å². The molecule has 1 aromatic rings. The summed E-state index contributed by atoms with van der Waals surface area (Å²) in [5.74, 6) is 6.56. The molecule has 0 N–H and O–H groups in total. The van der Waals surface area contributed by atoms with E-state index in [1.165, 1.54) is 83.5 Å². The van der Waals surface area contributed by atoms with Crippen molar-refractivity contribution in [2.24, 2.45) is 35.5 Å². The molecule has 0 bridgehead atoms. The lowest BCUT2D eigenvalue weighted by Crippen LogP contribution is -2.30. The highest BCUT2D eigenvalue weighted by Crippen LogP contribution is 2.46. The zero-order valence-corrected chi connectivity index (χ0v) is 20.6. The Hall–Kier alpha value is -0.780. The van der Waals surface area contributed by atoms with Crippen molar-refractivity contribution in [2.75, 3.05) is 0 Å². The summed E-state index contributed by atoms with van der Waals surface area (Å²) in [4.78, 5) is 0. The summed E-state index contributed by atoms with van der Waals surface area (Å²) in [5, 5.41) is 0. The molecule has 3 atom stereocenters. The second-order valence-corrected chi connectivity index (χ2v) is 11.1. The maximum Gasteiger partial charge on any atom is -0.0136 e. The number of unbranched alkanes of at least 4 members (excludes halogenated alkanes) is 2. The summed E-state index contributed by atoms with van der Waals surface area (Å²) in [6.45, 7) is 9.89. The largest absolute Gasteiger partial charge is 0.0654 e. The van der Waals surface area contributed by atoms with Crippen LogP contribution in [-0.2, 0) is 0 Å². The maximum absolute atomic E-state index is 2.62. The molecule has 2 fully saturated rings. The van der Waals surface area contributed by atoms with E-state index in [0.29, 0.717) is 0 Å². The zero-order valence-electron chi connectivity index (χ0n) is 20.6. The van der Waals surface area contributed by atoms with E-state index in [1.54, 1.807) is 5.56 Å². The van der Waals surface area contributed by atoms with Gasteiger partial charge in [0.2, 0.25) is 0 Å². The highest BCUT2D eigenvalue weighted by Gasteiger charge is 2.34. The lowest BCUT2D eigenvalue weighted by atomic mass is 9.64. The predicted octanol–water partition coefficient (Wildman–Crippen LogP) is 9.65. The van der Waals surface area contributed by atoms with Gasteiger partial charge in [0, 0.05) is 0 Å². The van der Waals surface area contributed by atoms with Crippen LogP contribution < -0.4 is 0 Å².